The molecule has 0 unspecified atom stereocenters. The van der Waals surface area contributed by atoms with E-state index in [4.69, 9.17) is 0 Å². The molecule has 5 heteroatoms. The molecule has 0 aromatic heterocycles. The van der Waals surface area contributed by atoms with E-state index in [0.717, 1.165) is 29.7 Å². The van der Waals surface area contributed by atoms with Crippen molar-refractivity contribution in [3.8, 4) is 0 Å². The summed E-state index contributed by atoms with van der Waals surface area (Å²) in [5, 5.41) is 5.96. The molecule has 1 aliphatic heterocycles. The molecule has 2 aliphatic rings. The summed E-state index contributed by atoms with van der Waals surface area (Å²) in [6, 6.07) is 13.9. The number of hydrogen-bond donors (Lipinski definition) is 2. The monoisotopic (exact) mass is 390 g/mol. The lowest BCUT2D eigenvalue weighted by atomic mass is 9.75. The summed E-state index contributed by atoms with van der Waals surface area (Å²) in [4.78, 5) is 26.1. The van der Waals surface area contributed by atoms with E-state index < -0.39 is 17.6 Å². The Hall–Kier alpha value is -3.21. The van der Waals surface area contributed by atoms with Crippen LogP contribution in [0.25, 0.3) is 0 Å². The van der Waals surface area contributed by atoms with Gasteiger partial charge in [0.15, 0.2) is 5.78 Å². The van der Waals surface area contributed by atoms with Gasteiger partial charge in [-0.1, -0.05) is 42.0 Å². The molecule has 0 radical (unpaired) electrons. The van der Waals surface area contributed by atoms with Crippen LogP contribution in [0.1, 0.15) is 43.2 Å². The number of nitrogens with one attached hydrogen (secondary N) is 2. The number of hydrogen-bond acceptors (Lipinski definition) is 3. The minimum absolute atomic E-state index is 0.0630. The van der Waals surface area contributed by atoms with Gasteiger partial charge in [0.1, 0.15) is 5.82 Å². The Morgan fingerprint density at radius 1 is 1.07 bits per heavy atom. The fraction of sp³-hybridized carbons (Fsp3) is 0.250. The molecule has 0 bridgehead atoms. The van der Waals surface area contributed by atoms with Crippen LogP contribution in [0.15, 0.2) is 71.1 Å². The summed E-state index contributed by atoms with van der Waals surface area (Å²) in [7, 11) is 0. The van der Waals surface area contributed by atoms with Gasteiger partial charge in [0.05, 0.1) is 5.69 Å². The number of Topliss-reactive ketones (excluding diaryl/α,β-unsaturated/α-hetero) is 1. The van der Waals surface area contributed by atoms with Crippen LogP contribution >= 0.6 is 0 Å². The Bertz CT molecular complexity index is 1050. The molecule has 2 aromatic carbocycles. The van der Waals surface area contributed by atoms with Gasteiger partial charge >= 0.3 is 0 Å². The van der Waals surface area contributed by atoms with E-state index in [0.29, 0.717) is 23.3 Å². The first kappa shape index (κ1) is 19.1. The lowest BCUT2D eigenvalue weighted by Crippen LogP contribution is -2.35. The summed E-state index contributed by atoms with van der Waals surface area (Å²) in [6.07, 6.45) is 2.06. The number of rotatable bonds is 3. The molecule has 2 N–H and O–H groups in total. The quantitative estimate of drug-likeness (QED) is 0.796. The van der Waals surface area contributed by atoms with E-state index in [1.54, 1.807) is 12.1 Å². The van der Waals surface area contributed by atoms with Gasteiger partial charge in [0.2, 0.25) is 0 Å². The van der Waals surface area contributed by atoms with Crippen LogP contribution in [0.5, 0.6) is 0 Å². The number of halogens is 1. The molecule has 1 aliphatic carbocycles. The molecule has 4 rings (SSSR count). The molecular formula is C24H23FN2O2. The standard InChI is InChI=1S/C24H23FN2O2/c1-14-10-12-16(13-11-14)22-21(24(29)27-18-7-4-3-6-17(18)25)15(2)26-19-8-5-9-20(28)23(19)22/h3-4,6-7,10-13,22,26H,5,8-9H2,1-2H3,(H,27,29)/t22-/m0/s1. The third kappa shape index (κ3) is 3.60. The molecule has 1 heterocycles. The number of aryl methyl sites for hydroxylation is 1. The lowest BCUT2D eigenvalue weighted by Gasteiger charge is -2.34. The van der Waals surface area contributed by atoms with Gasteiger partial charge in [-0.05, 0) is 44.4 Å². The summed E-state index contributed by atoms with van der Waals surface area (Å²) < 4.78 is 14.1. The largest absolute Gasteiger partial charge is 0.362 e. The van der Waals surface area contributed by atoms with Crippen molar-refractivity contribution in [2.24, 2.45) is 0 Å². The summed E-state index contributed by atoms with van der Waals surface area (Å²) in [5.41, 5.74) is 4.80. The number of carbonyl (C=O) groups excluding carboxylic acids is 2. The normalized spacial score (nSPS) is 19.0. The Morgan fingerprint density at radius 3 is 2.52 bits per heavy atom. The van der Waals surface area contributed by atoms with Crippen LogP contribution in [-0.4, -0.2) is 11.7 Å². The number of anilines is 1. The van der Waals surface area contributed by atoms with Crippen molar-refractivity contribution in [3.05, 3.63) is 88.0 Å². The van der Waals surface area contributed by atoms with Gasteiger partial charge in [0, 0.05) is 34.9 Å². The first-order valence-corrected chi connectivity index (χ1v) is 9.82. The van der Waals surface area contributed by atoms with E-state index >= 15 is 0 Å². The van der Waals surface area contributed by atoms with Gasteiger partial charge < -0.3 is 10.6 Å². The SMILES string of the molecule is CC1=C(C(=O)Nc2ccccc2F)[C@H](c2ccc(C)cc2)C2=C(CCCC2=O)N1. The number of carbonyl (C=O) groups is 2. The summed E-state index contributed by atoms with van der Waals surface area (Å²) >= 11 is 0. The molecule has 148 valence electrons. The predicted molar refractivity (Wildman–Crippen MR) is 111 cm³/mol. The van der Waals surface area contributed by atoms with Crippen LogP contribution < -0.4 is 10.6 Å². The van der Waals surface area contributed by atoms with Crippen molar-refractivity contribution in [1.29, 1.82) is 0 Å². The predicted octanol–water partition coefficient (Wildman–Crippen LogP) is 4.74. The number of dihydropyridines is 1. The van der Waals surface area contributed by atoms with E-state index in [9.17, 15) is 14.0 Å². The van der Waals surface area contributed by atoms with Crippen LogP contribution in [0.4, 0.5) is 10.1 Å². The summed E-state index contributed by atoms with van der Waals surface area (Å²) in [6.45, 7) is 3.83. The van der Waals surface area contributed by atoms with E-state index in [1.165, 1.54) is 12.1 Å². The second-order valence-corrected chi connectivity index (χ2v) is 7.61. The highest BCUT2D eigenvalue weighted by atomic mass is 19.1. The Kier molecular flexibility index (Phi) is 5.05. The minimum Gasteiger partial charge on any atom is -0.362 e. The number of allylic oxidation sites excluding steroid dienone is 3. The number of para-hydroxylation sites is 1. The highest BCUT2D eigenvalue weighted by Gasteiger charge is 2.38. The van der Waals surface area contributed by atoms with Crippen molar-refractivity contribution in [2.45, 2.75) is 39.0 Å². The van der Waals surface area contributed by atoms with Gasteiger partial charge in [-0.3, -0.25) is 9.59 Å². The smallest absolute Gasteiger partial charge is 0.254 e. The first-order valence-electron chi connectivity index (χ1n) is 9.82. The average molecular weight is 390 g/mol. The average Bonchev–Trinajstić information content (AvgIpc) is 2.69. The molecule has 4 nitrogen and oxygen atoms in total. The number of ketones is 1. The fourth-order valence-corrected chi connectivity index (χ4v) is 4.13. The topological polar surface area (TPSA) is 58.2 Å². The summed E-state index contributed by atoms with van der Waals surface area (Å²) in [5.74, 6) is -1.31. The van der Waals surface area contributed by atoms with Gasteiger partial charge in [-0.2, -0.15) is 0 Å². The van der Waals surface area contributed by atoms with Gasteiger partial charge in [0.25, 0.3) is 5.91 Å². The number of benzene rings is 2. The maximum Gasteiger partial charge on any atom is 0.254 e. The second kappa shape index (κ2) is 7.66. The van der Waals surface area contributed by atoms with E-state index in [2.05, 4.69) is 10.6 Å². The maximum atomic E-state index is 14.1. The van der Waals surface area contributed by atoms with Crippen LogP contribution in [-0.2, 0) is 9.59 Å². The van der Waals surface area contributed by atoms with Crippen molar-refractivity contribution in [3.63, 3.8) is 0 Å². The van der Waals surface area contributed by atoms with Gasteiger partial charge in [-0.25, -0.2) is 4.39 Å². The zero-order valence-electron chi connectivity index (χ0n) is 16.5. The number of amides is 1. The highest BCUT2D eigenvalue weighted by molar-refractivity contribution is 6.09. The molecule has 0 spiro atoms. The van der Waals surface area contributed by atoms with Crippen molar-refractivity contribution < 1.29 is 14.0 Å². The van der Waals surface area contributed by atoms with Crippen LogP contribution in [0, 0.1) is 12.7 Å². The molecule has 0 saturated carbocycles. The Morgan fingerprint density at radius 2 is 1.79 bits per heavy atom. The van der Waals surface area contributed by atoms with Crippen LogP contribution in [0.3, 0.4) is 0 Å². The van der Waals surface area contributed by atoms with Crippen LogP contribution in [0.2, 0.25) is 0 Å². The highest BCUT2D eigenvalue weighted by Crippen LogP contribution is 2.42. The Balaban J connectivity index is 1.79. The van der Waals surface area contributed by atoms with Crippen molar-refractivity contribution in [1.82, 2.24) is 5.32 Å². The molecular weight excluding hydrogens is 367 g/mol. The van der Waals surface area contributed by atoms with Crippen molar-refractivity contribution in [2.75, 3.05) is 5.32 Å². The third-order valence-corrected chi connectivity index (χ3v) is 5.55. The minimum atomic E-state index is -0.497. The third-order valence-electron chi connectivity index (χ3n) is 5.55. The maximum absolute atomic E-state index is 14.1. The second-order valence-electron chi connectivity index (χ2n) is 7.61. The van der Waals surface area contributed by atoms with Gasteiger partial charge in [-0.15, -0.1) is 0 Å². The van der Waals surface area contributed by atoms with E-state index in [-0.39, 0.29) is 11.5 Å². The molecule has 2 aromatic rings. The zero-order valence-corrected chi connectivity index (χ0v) is 16.5. The lowest BCUT2D eigenvalue weighted by molar-refractivity contribution is -0.116. The first-order chi connectivity index (χ1) is 14.0. The van der Waals surface area contributed by atoms with Crippen molar-refractivity contribution >= 4 is 17.4 Å². The molecule has 1 atom stereocenters. The zero-order chi connectivity index (χ0) is 20.5. The molecule has 1 amide bonds. The Labute approximate surface area is 169 Å². The molecule has 29 heavy (non-hydrogen) atoms. The molecule has 0 saturated heterocycles. The van der Waals surface area contributed by atoms with E-state index in [1.807, 2.05) is 38.1 Å². The fourth-order valence-electron chi connectivity index (χ4n) is 4.13. The molecule has 0 fully saturated rings.